The molecule has 178 valence electrons. The lowest BCUT2D eigenvalue weighted by atomic mass is 10.2. The van der Waals surface area contributed by atoms with E-state index in [0.29, 0.717) is 0 Å². The highest BCUT2D eigenvalue weighted by atomic mass is 127. The average molecular weight is 551 g/mol. The van der Waals surface area contributed by atoms with Gasteiger partial charge in [-0.05, 0) is 43.7 Å². The second kappa shape index (κ2) is 14.1. The van der Waals surface area contributed by atoms with Gasteiger partial charge in [0.2, 0.25) is 0 Å². The van der Waals surface area contributed by atoms with E-state index in [-0.39, 0.29) is 24.0 Å². The van der Waals surface area contributed by atoms with Crippen LogP contribution in [0.5, 0.6) is 0 Å². The molecular formula is C27H43IN4. The summed E-state index contributed by atoms with van der Waals surface area (Å²) in [5.41, 5.74) is 2.75. The Morgan fingerprint density at radius 3 is 1.56 bits per heavy atom. The van der Waals surface area contributed by atoms with Gasteiger partial charge >= 0.3 is 0 Å². The fraction of sp³-hybridized carbons (Fsp3) is 0.556. The molecule has 0 radical (unpaired) electrons. The lowest BCUT2D eigenvalue weighted by Gasteiger charge is -2.42. The van der Waals surface area contributed by atoms with Crippen molar-refractivity contribution in [1.82, 2.24) is 4.90 Å². The Bertz CT molecular complexity index is 724. The summed E-state index contributed by atoms with van der Waals surface area (Å²) < 4.78 is 1.25. The number of hydrogen-bond acceptors (Lipinski definition) is 3. The lowest BCUT2D eigenvalue weighted by Crippen LogP contribution is -3.00. The number of benzene rings is 2. The van der Waals surface area contributed by atoms with Crippen molar-refractivity contribution >= 4 is 11.4 Å². The molecule has 2 saturated heterocycles. The molecule has 0 N–H and O–H groups in total. The van der Waals surface area contributed by atoms with Crippen LogP contribution < -0.4 is 33.8 Å². The number of para-hydroxylation sites is 2. The molecule has 2 fully saturated rings. The van der Waals surface area contributed by atoms with Crippen molar-refractivity contribution in [3.8, 4) is 0 Å². The van der Waals surface area contributed by atoms with Gasteiger partial charge in [0.1, 0.15) is 0 Å². The van der Waals surface area contributed by atoms with Crippen LogP contribution in [0.2, 0.25) is 0 Å². The van der Waals surface area contributed by atoms with Crippen molar-refractivity contribution < 1.29 is 28.5 Å². The number of nitrogens with zero attached hydrogens (tertiary/aromatic N) is 4. The number of hydrogen-bond donors (Lipinski definition) is 0. The first-order valence-electron chi connectivity index (χ1n) is 12.3. The Kier molecular flexibility index (Phi) is 11.8. The van der Waals surface area contributed by atoms with Crippen LogP contribution in [0.15, 0.2) is 60.7 Å². The number of rotatable bonds is 6. The highest BCUT2D eigenvalue weighted by Crippen LogP contribution is 2.18. The van der Waals surface area contributed by atoms with E-state index in [4.69, 9.17) is 0 Å². The van der Waals surface area contributed by atoms with E-state index in [0.717, 1.165) is 0 Å². The molecule has 0 saturated carbocycles. The Hall–Kier alpha value is -1.31. The van der Waals surface area contributed by atoms with E-state index < -0.39 is 0 Å². The average Bonchev–Trinajstić information content (AvgIpc) is 2.82. The topological polar surface area (TPSA) is 9.72 Å². The molecule has 0 spiro atoms. The highest BCUT2D eigenvalue weighted by molar-refractivity contribution is 5.47. The van der Waals surface area contributed by atoms with Gasteiger partial charge in [0, 0.05) is 37.6 Å². The summed E-state index contributed by atoms with van der Waals surface area (Å²) in [6.07, 6.45) is 2.56. The van der Waals surface area contributed by atoms with Crippen molar-refractivity contribution in [2.45, 2.75) is 26.7 Å². The molecule has 0 unspecified atom stereocenters. The standard InChI is InChI=1S/C14H23N2.C13H20N2.HI/c1-3-11-16(2)12-9-15(10-13-16)14-7-5-4-6-8-14;1-2-8-14-9-11-15(12-10-14)13-6-4-3-5-7-13;/h4-8H,3,9-13H2,1-2H3;3-7H,2,8-12H2,1H3;1H/q+1;;/p-1. The van der Waals surface area contributed by atoms with Crippen LogP contribution in [0.1, 0.15) is 26.7 Å². The molecule has 4 nitrogen and oxygen atoms in total. The summed E-state index contributed by atoms with van der Waals surface area (Å²) in [5, 5.41) is 0. The molecule has 2 aromatic carbocycles. The maximum absolute atomic E-state index is 2.56. The quantitative estimate of drug-likeness (QED) is 0.400. The van der Waals surface area contributed by atoms with Crippen LogP contribution in [0.25, 0.3) is 0 Å². The molecule has 5 heteroatoms. The summed E-state index contributed by atoms with van der Waals surface area (Å²) in [5.74, 6) is 0. The number of halogens is 1. The van der Waals surface area contributed by atoms with Crippen LogP contribution in [-0.2, 0) is 0 Å². The van der Waals surface area contributed by atoms with Crippen LogP contribution in [0.3, 0.4) is 0 Å². The zero-order valence-corrected chi connectivity index (χ0v) is 22.6. The van der Waals surface area contributed by atoms with E-state index in [2.05, 4.69) is 96.3 Å². The van der Waals surface area contributed by atoms with Gasteiger partial charge in [-0.25, -0.2) is 0 Å². The predicted molar refractivity (Wildman–Crippen MR) is 135 cm³/mol. The molecule has 2 aliphatic rings. The van der Waals surface area contributed by atoms with Crippen molar-refractivity contribution in [3.63, 3.8) is 0 Å². The molecule has 0 atom stereocenters. The summed E-state index contributed by atoms with van der Waals surface area (Å²) in [6.45, 7) is 16.8. The molecule has 0 aliphatic carbocycles. The molecule has 2 aromatic rings. The van der Waals surface area contributed by atoms with Gasteiger partial charge in [-0.2, -0.15) is 0 Å². The van der Waals surface area contributed by atoms with Crippen LogP contribution in [0, 0.1) is 0 Å². The number of piperazine rings is 2. The third-order valence-corrected chi connectivity index (χ3v) is 6.74. The van der Waals surface area contributed by atoms with Crippen LogP contribution in [-0.4, -0.2) is 81.9 Å². The Morgan fingerprint density at radius 2 is 1.12 bits per heavy atom. The van der Waals surface area contributed by atoms with Crippen molar-refractivity contribution in [2.75, 3.05) is 82.3 Å². The minimum Gasteiger partial charge on any atom is -1.00 e. The summed E-state index contributed by atoms with van der Waals surface area (Å²) in [6, 6.07) is 21.5. The van der Waals surface area contributed by atoms with Crippen molar-refractivity contribution in [2.24, 2.45) is 0 Å². The van der Waals surface area contributed by atoms with Crippen LogP contribution in [0.4, 0.5) is 11.4 Å². The second-order valence-corrected chi connectivity index (χ2v) is 9.28. The van der Waals surface area contributed by atoms with Gasteiger partial charge in [-0.3, -0.25) is 4.90 Å². The monoisotopic (exact) mass is 550 g/mol. The third kappa shape index (κ3) is 8.23. The highest BCUT2D eigenvalue weighted by Gasteiger charge is 2.27. The van der Waals surface area contributed by atoms with Gasteiger partial charge in [0.25, 0.3) is 0 Å². The van der Waals surface area contributed by atoms with E-state index in [1.807, 2.05) is 0 Å². The summed E-state index contributed by atoms with van der Waals surface area (Å²) >= 11 is 0. The van der Waals surface area contributed by atoms with E-state index in [9.17, 15) is 0 Å². The number of quaternary nitrogens is 1. The third-order valence-electron chi connectivity index (χ3n) is 6.74. The molecule has 4 rings (SSSR count). The lowest BCUT2D eigenvalue weighted by molar-refractivity contribution is -0.910. The van der Waals surface area contributed by atoms with Crippen molar-refractivity contribution in [3.05, 3.63) is 60.7 Å². The smallest absolute Gasteiger partial charge is 0.0963 e. The Labute approximate surface area is 213 Å². The zero-order chi connectivity index (χ0) is 21.9. The second-order valence-electron chi connectivity index (χ2n) is 9.28. The normalized spacial score (nSPS) is 18.3. The first-order valence-corrected chi connectivity index (χ1v) is 12.3. The van der Waals surface area contributed by atoms with E-state index in [1.54, 1.807) is 0 Å². The van der Waals surface area contributed by atoms with Gasteiger partial charge in [0.05, 0.1) is 39.8 Å². The maximum atomic E-state index is 2.56. The largest absolute Gasteiger partial charge is 1.00 e. The number of anilines is 2. The fourth-order valence-electron chi connectivity index (χ4n) is 4.79. The minimum absolute atomic E-state index is 0. The zero-order valence-electron chi connectivity index (χ0n) is 20.4. The molecule has 0 aromatic heterocycles. The van der Waals surface area contributed by atoms with E-state index >= 15 is 0 Å². The predicted octanol–water partition coefficient (Wildman–Crippen LogP) is 1.59. The Balaban J connectivity index is 0.000000220. The fourth-order valence-corrected chi connectivity index (χ4v) is 4.79. The van der Waals surface area contributed by atoms with E-state index in [1.165, 1.54) is 94.1 Å². The van der Waals surface area contributed by atoms with Crippen molar-refractivity contribution in [1.29, 1.82) is 0 Å². The summed E-state index contributed by atoms with van der Waals surface area (Å²) in [7, 11) is 2.39. The van der Waals surface area contributed by atoms with Gasteiger partial charge in [0.15, 0.2) is 0 Å². The minimum atomic E-state index is 0. The molecule has 0 amide bonds. The summed E-state index contributed by atoms with van der Waals surface area (Å²) in [4.78, 5) is 7.54. The molecule has 2 heterocycles. The first kappa shape index (κ1) is 26.9. The van der Waals surface area contributed by atoms with Gasteiger partial charge in [-0.15, -0.1) is 0 Å². The van der Waals surface area contributed by atoms with Gasteiger partial charge in [-0.1, -0.05) is 50.2 Å². The molecular weight excluding hydrogens is 507 g/mol. The Morgan fingerprint density at radius 1 is 0.656 bits per heavy atom. The van der Waals surface area contributed by atoms with Crippen LogP contribution >= 0.6 is 0 Å². The van der Waals surface area contributed by atoms with Gasteiger partial charge < -0.3 is 38.3 Å². The number of likely N-dealkylation sites (N-methyl/N-ethyl adjacent to an activating group) is 1. The SMILES string of the molecule is CCCN1CCN(c2ccccc2)CC1.CCC[N+]1(C)CCN(c2ccccc2)CC1.[I-]. The molecule has 32 heavy (non-hydrogen) atoms. The first-order chi connectivity index (χ1) is 15.1. The maximum Gasteiger partial charge on any atom is 0.0963 e. The molecule has 0 bridgehead atoms. The molecule has 2 aliphatic heterocycles.